The highest BCUT2D eigenvalue weighted by Crippen LogP contribution is 2.29. The van der Waals surface area contributed by atoms with Gasteiger partial charge in [-0.1, -0.05) is 0 Å². The number of thiazole rings is 1. The van der Waals surface area contributed by atoms with Crippen LogP contribution in [0.1, 0.15) is 5.69 Å². The van der Waals surface area contributed by atoms with Crippen molar-refractivity contribution in [2.75, 3.05) is 0 Å². The molecule has 0 fully saturated rings. The summed E-state index contributed by atoms with van der Waals surface area (Å²) < 4.78 is 26.0. The van der Waals surface area contributed by atoms with E-state index in [9.17, 15) is 8.78 Å². The van der Waals surface area contributed by atoms with Crippen LogP contribution >= 0.6 is 11.3 Å². The van der Waals surface area contributed by atoms with Crippen LogP contribution in [0.4, 0.5) is 8.78 Å². The van der Waals surface area contributed by atoms with Gasteiger partial charge in [-0.25, -0.2) is 13.8 Å². The number of aromatic nitrogens is 1. The van der Waals surface area contributed by atoms with Gasteiger partial charge in [0.2, 0.25) is 0 Å². The summed E-state index contributed by atoms with van der Waals surface area (Å²) in [5, 5.41) is 0. The van der Waals surface area contributed by atoms with Crippen molar-refractivity contribution in [1.82, 2.24) is 4.98 Å². The van der Waals surface area contributed by atoms with E-state index in [4.69, 9.17) is 0 Å². The van der Waals surface area contributed by atoms with Crippen LogP contribution in [-0.4, -0.2) is 4.98 Å². The number of halogens is 2. The molecule has 1 nitrogen and oxygen atoms in total. The average Bonchev–Trinajstić information content (AvgIpc) is 2.52. The van der Waals surface area contributed by atoms with Gasteiger partial charge in [-0.2, -0.15) is 0 Å². The van der Waals surface area contributed by atoms with Crippen LogP contribution in [0, 0.1) is 18.6 Å². The second-order valence-corrected chi connectivity index (χ2v) is 3.75. The second-order valence-electron chi connectivity index (χ2n) is 2.89. The van der Waals surface area contributed by atoms with Gasteiger partial charge in [0.05, 0.1) is 16.1 Å². The Morgan fingerprint density at radius 2 is 2.07 bits per heavy atom. The van der Waals surface area contributed by atoms with E-state index in [1.165, 1.54) is 23.5 Å². The van der Waals surface area contributed by atoms with Crippen LogP contribution < -0.4 is 0 Å². The molecule has 2 rings (SSSR count). The van der Waals surface area contributed by atoms with Crippen LogP contribution in [0.2, 0.25) is 0 Å². The minimum absolute atomic E-state index is 0.409. The van der Waals surface area contributed by atoms with E-state index in [0.717, 1.165) is 16.6 Å². The number of hydrogen-bond acceptors (Lipinski definition) is 2. The third-order valence-electron chi connectivity index (χ3n) is 1.92. The number of hydrogen-bond donors (Lipinski definition) is 0. The topological polar surface area (TPSA) is 12.9 Å². The lowest BCUT2D eigenvalue weighted by molar-refractivity contribution is 0.585. The van der Waals surface area contributed by atoms with E-state index < -0.39 is 11.6 Å². The Morgan fingerprint density at radius 1 is 1.29 bits per heavy atom. The minimum Gasteiger partial charge on any atom is -0.249 e. The normalized spacial score (nSPS) is 10.5. The van der Waals surface area contributed by atoms with Crippen molar-refractivity contribution in [3.8, 4) is 10.4 Å². The molecule has 0 aliphatic heterocycles. The molecule has 1 aromatic carbocycles. The Balaban J connectivity index is 2.58. The van der Waals surface area contributed by atoms with Gasteiger partial charge in [0.15, 0.2) is 0 Å². The van der Waals surface area contributed by atoms with Gasteiger partial charge in [0.1, 0.15) is 11.6 Å². The van der Waals surface area contributed by atoms with E-state index in [-0.39, 0.29) is 0 Å². The molecule has 1 heterocycles. The first-order valence-corrected chi connectivity index (χ1v) is 4.92. The van der Waals surface area contributed by atoms with E-state index in [1.807, 2.05) is 0 Å². The van der Waals surface area contributed by atoms with Gasteiger partial charge in [0.25, 0.3) is 0 Å². The smallest absolute Gasteiger partial charge is 0.134 e. The Labute approximate surface area is 84.0 Å². The third kappa shape index (κ3) is 1.53. The van der Waals surface area contributed by atoms with Crippen molar-refractivity contribution in [2.45, 2.75) is 6.92 Å². The first-order chi connectivity index (χ1) is 6.68. The van der Waals surface area contributed by atoms with Crippen LogP contribution in [0.15, 0.2) is 23.7 Å². The SMILES string of the molecule is Cc1ncsc1-c1ccc(F)cc1F. The fourth-order valence-corrected chi connectivity index (χ4v) is 2.07. The van der Waals surface area contributed by atoms with E-state index in [2.05, 4.69) is 4.98 Å². The van der Waals surface area contributed by atoms with Gasteiger partial charge in [-0.3, -0.25) is 0 Å². The molecule has 1 aromatic heterocycles. The Bertz CT molecular complexity index is 465. The standard InChI is InChI=1S/C10H7F2NS/c1-6-10(14-5-13-6)8-3-2-7(11)4-9(8)12/h2-5H,1H3. The molecule has 0 N–H and O–H groups in total. The van der Waals surface area contributed by atoms with Crippen molar-refractivity contribution < 1.29 is 8.78 Å². The summed E-state index contributed by atoms with van der Waals surface area (Å²) in [5.74, 6) is -1.11. The number of rotatable bonds is 1. The van der Waals surface area contributed by atoms with Gasteiger partial charge in [0, 0.05) is 11.6 Å². The first kappa shape index (κ1) is 9.27. The summed E-state index contributed by atoms with van der Waals surface area (Å²) in [4.78, 5) is 4.77. The maximum absolute atomic E-state index is 13.3. The maximum atomic E-state index is 13.3. The molecule has 0 unspecified atom stereocenters. The molecular formula is C10H7F2NS. The molecule has 0 spiro atoms. The molecule has 0 radical (unpaired) electrons. The lowest BCUT2D eigenvalue weighted by atomic mass is 10.1. The van der Waals surface area contributed by atoms with Crippen molar-refractivity contribution in [1.29, 1.82) is 0 Å². The van der Waals surface area contributed by atoms with Gasteiger partial charge >= 0.3 is 0 Å². The summed E-state index contributed by atoms with van der Waals surface area (Å²) in [5.41, 5.74) is 2.82. The van der Waals surface area contributed by atoms with E-state index in [1.54, 1.807) is 12.4 Å². The third-order valence-corrected chi connectivity index (χ3v) is 2.88. The predicted octanol–water partition coefficient (Wildman–Crippen LogP) is 3.40. The van der Waals surface area contributed by atoms with E-state index in [0.29, 0.717) is 5.56 Å². The summed E-state index contributed by atoms with van der Waals surface area (Å²) in [6.45, 7) is 1.80. The Hall–Kier alpha value is -1.29. The van der Waals surface area contributed by atoms with Crippen molar-refractivity contribution in [2.24, 2.45) is 0 Å². The molecular weight excluding hydrogens is 204 g/mol. The molecule has 0 amide bonds. The zero-order chi connectivity index (χ0) is 10.1. The van der Waals surface area contributed by atoms with Crippen LogP contribution in [0.5, 0.6) is 0 Å². The highest BCUT2D eigenvalue weighted by molar-refractivity contribution is 7.13. The van der Waals surface area contributed by atoms with Gasteiger partial charge in [-0.05, 0) is 19.1 Å². The summed E-state index contributed by atoms with van der Waals surface area (Å²) in [6, 6.07) is 3.57. The molecule has 0 aliphatic rings. The Kier molecular flexibility index (Phi) is 2.29. The zero-order valence-electron chi connectivity index (χ0n) is 7.42. The number of aryl methyl sites for hydroxylation is 1. The summed E-state index contributed by atoms with van der Waals surface area (Å²) >= 11 is 1.35. The zero-order valence-corrected chi connectivity index (χ0v) is 8.24. The predicted molar refractivity (Wildman–Crippen MR) is 52.2 cm³/mol. The molecule has 4 heteroatoms. The van der Waals surface area contributed by atoms with Gasteiger partial charge < -0.3 is 0 Å². The quantitative estimate of drug-likeness (QED) is 0.704. The van der Waals surface area contributed by atoms with Crippen LogP contribution in [0.25, 0.3) is 10.4 Å². The average molecular weight is 211 g/mol. The van der Waals surface area contributed by atoms with Crippen molar-refractivity contribution in [3.63, 3.8) is 0 Å². The van der Waals surface area contributed by atoms with E-state index >= 15 is 0 Å². The number of nitrogens with zero attached hydrogens (tertiary/aromatic N) is 1. The maximum Gasteiger partial charge on any atom is 0.134 e. The lowest BCUT2D eigenvalue weighted by Gasteiger charge is -2.00. The lowest BCUT2D eigenvalue weighted by Crippen LogP contribution is -1.85. The molecule has 0 saturated heterocycles. The monoisotopic (exact) mass is 211 g/mol. The van der Waals surface area contributed by atoms with Crippen LogP contribution in [0.3, 0.4) is 0 Å². The molecule has 0 saturated carbocycles. The summed E-state index contributed by atoms with van der Waals surface area (Å²) in [7, 11) is 0. The molecule has 72 valence electrons. The van der Waals surface area contributed by atoms with Crippen molar-refractivity contribution in [3.05, 3.63) is 41.0 Å². The fourth-order valence-electron chi connectivity index (χ4n) is 1.23. The molecule has 0 atom stereocenters. The molecule has 0 bridgehead atoms. The molecule has 0 aliphatic carbocycles. The van der Waals surface area contributed by atoms with Gasteiger partial charge in [-0.15, -0.1) is 11.3 Å². The first-order valence-electron chi connectivity index (χ1n) is 4.04. The van der Waals surface area contributed by atoms with Crippen LogP contribution in [-0.2, 0) is 0 Å². The Morgan fingerprint density at radius 3 is 2.64 bits per heavy atom. The molecule has 2 aromatic rings. The molecule has 14 heavy (non-hydrogen) atoms. The highest BCUT2D eigenvalue weighted by atomic mass is 32.1. The largest absolute Gasteiger partial charge is 0.249 e. The van der Waals surface area contributed by atoms with Crippen molar-refractivity contribution >= 4 is 11.3 Å². The fraction of sp³-hybridized carbons (Fsp3) is 0.100. The minimum atomic E-state index is -0.562. The highest BCUT2D eigenvalue weighted by Gasteiger charge is 2.10. The summed E-state index contributed by atoms with van der Waals surface area (Å²) in [6.07, 6.45) is 0. The number of benzene rings is 1. The second kappa shape index (κ2) is 3.46.